The van der Waals surface area contributed by atoms with E-state index >= 15 is 0 Å². The van der Waals surface area contributed by atoms with Crippen molar-refractivity contribution < 1.29 is 10.2 Å². The molecule has 0 saturated heterocycles. The maximum Gasteiger partial charge on any atom is 0.0954 e. The summed E-state index contributed by atoms with van der Waals surface area (Å²) < 4.78 is 0. The molecule has 5 N–H and O–H groups in total. The van der Waals surface area contributed by atoms with Crippen molar-refractivity contribution in [2.24, 2.45) is 0 Å². The minimum atomic E-state index is -0.796. The third kappa shape index (κ3) is 2.89. The number of aliphatic hydroxyl groups is 2. The normalized spacial score (nSPS) is 17.1. The van der Waals surface area contributed by atoms with Crippen LogP contribution in [0.1, 0.15) is 6.92 Å². The van der Waals surface area contributed by atoms with Gasteiger partial charge in [0.25, 0.3) is 0 Å². The van der Waals surface area contributed by atoms with E-state index in [0.29, 0.717) is 0 Å². The lowest BCUT2D eigenvalue weighted by Crippen LogP contribution is -2.68. The predicted molar refractivity (Wildman–Crippen MR) is 52.5 cm³/mol. The third-order valence-electron chi connectivity index (χ3n) is 2.54. The van der Waals surface area contributed by atoms with Crippen molar-refractivity contribution in [3.05, 3.63) is 0 Å². The summed E-state index contributed by atoms with van der Waals surface area (Å²) in [5.41, 5.74) is -0.448. The highest BCUT2D eigenvalue weighted by Gasteiger charge is 2.34. The van der Waals surface area contributed by atoms with Gasteiger partial charge < -0.3 is 26.2 Å². The van der Waals surface area contributed by atoms with Gasteiger partial charge in [0.1, 0.15) is 0 Å². The van der Waals surface area contributed by atoms with Crippen LogP contribution in [0.5, 0.6) is 0 Å². The quantitative estimate of drug-likeness (QED) is 0.317. The summed E-state index contributed by atoms with van der Waals surface area (Å²) >= 11 is 0. The molecule has 0 aliphatic rings. The number of hydrogen-bond acceptors (Lipinski definition) is 5. The Hall–Kier alpha value is -0.200. The zero-order valence-corrected chi connectivity index (χ0v) is 8.76. The van der Waals surface area contributed by atoms with Crippen LogP contribution in [0, 0.1) is 0 Å². The van der Waals surface area contributed by atoms with Gasteiger partial charge in [-0.05, 0) is 28.1 Å². The zero-order valence-electron chi connectivity index (χ0n) is 8.76. The van der Waals surface area contributed by atoms with E-state index in [4.69, 9.17) is 5.11 Å². The van der Waals surface area contributed by atoms with Crippen LogP contribution in [0.2, 0.25) is 0 Å². The van der Waals surface area contributed by atoms with Gasteiger partial charge in [-0.3, -0.25) is 0 Å². The summed E-state index contributed by atoms with van der Waals surface area (Å²) in [6.07, 6.45) is -0.796. The van der Waals surface area contributed by atoms with Crippen LogP contribution in [-0.2, 0) is 0 Å². The molecular formula is C8H21N3O2. The van der Waals surface area contributed by atoms with Crippen LogP contribution in [0.4, 0.5) is 0 Å². The fourth-order valence-electron chi connectivity index (χ4n) is 1.41. The van der Waals surface area contributed by atoms with Gasteiger partial charge in [0.2, 0.25) is 0 Å². The lowest BCUT2D eigenvalue weighted by molar-refractivity contribution is 0.0270. The first-order valence-corrected chi connectivity index (χ1v) is 4.39. The molecule has 0 bridgehead atoms. The Kier molecular flexibility index (Phi) is 5.43. The Morgan fingerprint density at radius 2 is 1.69 bits per heavy atom. The number of likely N-dealkylation sites (N-methyl/N-ethyl adjacent to an activating group) is 3. The number of aliphatic hydroxyl groups excluding tert-OH is 2. The fraction of sp³-hybridized carbons (Fsp3) is 1.00. The highest BCUT2D eigenvalue weighted by molar-refractivity contribution is 4.94. The molecule has 0 rings (SSSR count). The van der Waals surface area contributed by atoms with Crippen molar-refractivity contribution in [2.45, 2.75) is 24.7 Å². The topological polar surface area (TPSA) is 76.5 Å². The van der Waals surface area contributed by atoms with E-state index in [9.17, 15) is 5.11 Å². The van der Waals surface area contributed by atoms with Crippen molar-refractivity contribution in [3.63, 3.8) is 0 Å². The molecule has 2 atom stereocenters. The lowest BCUT2D eigenvalue weighted by atomic mass is 9.97. The smallest absolute Gasteiger partial charge is 0.0954 e. The summed E-state index contributed by atoms with van der Waals surface area (Å²) in [5.74, 6) is 0. The maximum atomic E-state index is 9.52. The Balaban J connectivity index is 4.51. The van der Waals surface area contributed by atoms with Gasteiger partial charge in [-0.1, -0.05) is 0 Å². The van der Waals surface area contributed by atoms with Crippen molar-refractivity contribution in [1.29, 1.82) is 0 Å². The van der Waals surface area contributed by atoms with Crippen molar-refractivity contribution >= 4 is 0 Å². The lowest BCUT2D eigenvalue weighted by Gasteiger charge is -2.39. The molecular weight excluding hydrogens is 170 g/mol. The van der Waals surface area contributed by atoms with Gasteiger partial charge in [-0.25, -0.2) is 0 Å². The Morgan fingerprint density at radius 1 is 1.23 bits per heavy atom. The third-order valence-corrected chi connectivity index (χ3v) is 2.54. The molecule has 0 spiro atoms. The highest BCUT2D eigenvalue weighted by Crippen LogP contribution is 2.08. The largest absolute Gasteiger partial charge is 0.394 e. The second kappa shape index (κ2) is 5.51. The van der Waals surface area contributed by atoms with Gasteiger partial charge in [-0.2, -0.15) is 0 Å². The molecule has 0 radical (unpaired) electrons. The summed E-state index contributed by atoms with van der Waals surface area (Å²) in [5, 5.41) is 27.4. The second-order valence-corrected chi connectivity index (χ2v) is 3.22. The molecule has 5 nitrogen and oxygen atoms in total. The van der Waals surface area contributed by atoms with Gasteiger partial charge in [0.15, 0.2) is 0 Å². The fourth-order valence-corrected chi connectivity index (χ4v) is 1.41. The monoisotopic (exact) mass is 191 g/mol. The van der Waals surface area contributed by atoms with Crippen LogP contribution >= 0.6 is 0 Å². The molecule has 80 valence electrons. The molecule has 0 fully saturated rings. The van der Waals surface area contributed by atoms with Crippen molar-refractivity contribution in [2.75, 3.05) is 27.7 Å². The first-order chi connectivity index (χ1) is 6.05. The zero-order chi connectivity index (χ0) is 10.5. The summed E-state index contributed by atoms with van der Waals surface area (Å²) in [6.45, 7) is 1.65. The Morgan fingerprint density at radius 3 is 1.92 bits per heavy atom. The molecule has 13 heavy (non-hydrogen) atoms. The molecule has 0 saturated carbocycles. The van der Waals surface area contributed by atoms with Gasteiger partial charge >= 0.3 is 0 Å². The van der Waals surface area contributed by atoms with E-state index in [2.05, 4.69) is 16.0 Å². The van der Waals surface area contributed by atoms with Crippen molar-refractivity contribution in [3.8, 4) is 0 Å². The van der Waals surface area contributed by atoms with Crippen LogP contribution in [0.25, 0.3) is 0 Å². The van der Waals surface area contributed by atoms with Gasteiger partial charge in [0.05, 0.1) is 24.4 Å². The molecule has 0 amide bonds. The van der Waals surface area contributed by atoms with Gasteiger partial charge in [0, 0.05) is 0 Å². The number of nitrogens with one attached hydrogen (secondary N) is 3. The molecule has 0 aliphatic carbocycles. The van der Waals surface area contributed by atoms with E-state index in [-0.39, 0.29) is 12.6 Å². The van der Waals surface area contributed by atoms with Gasteiger partial charge in [-0.15, -0.1) is 0 Å². The molecule has 0 heterocycles. The van der Waals surface area contributed by atoms with Crippen LogP contribution in [0.15, 0.2) is 0 Å². The summed E-state index contributed by atoms with van der Waals surface area (Å²) in [7, 11) is 5.34. The highest BCUT2D eigenvalue weighted by atomic mass is 16.3. The summed E-state index contributed by atoms with van der Waals surface area (Å²) in [4.78, 5) is 0. The molecule has 0 aromatic carbocycles. The number of rotatable bonds is 6. The molecule has 0 aromatic rings. The van der Waals surface area contributed by atoms with Crippen LogP contribution in [-0.4, -0.2) is 55.8 Å². The second-order valence-electron chi connectivity index (χ2n) is 3.22. The number of hydrogen-bond donors (Lipinski definition) is 5. The Bertz CT molecular complexity index is 139. The molecule has 0 aliphatic heterocycles. The minimum Gasteiger partial charge on any atom is -0.394 e. The first kappa shape index (κ1) is 12.8. The van der Waals surface area contributed by atoms with E-state index in [1.54, 1.807) is 21.1 Å². The van der Waals surface area contributed by atoms with E-state index in [1.807, 2.05) is 6.92 Å². The standard InChI is InChI=1S/C8H21N3O2/c1-8(10-3,11-4)7(9-2)6(13)5-12/h6-7,9-13H,5H2,1-4H3. The SMILES string of the molecule is CNC(C(O)CO)C(C)(NC)NC. The maximum absolute atomic E-state index is 9.52. The van der Waals surface area contributed by atoms with Crippen LogP contribution in [0.3, 0.4) is 0 Å². The predicted octanol–water partition coefficient (Wildman–Crippen LogP) is -1.92. The van der Waals surface area contributed by atoms with E-state index in [0.717, 1.165) is 0 Å². The van der Waals surface area contributed by atoms with E-state index < -0.39 is 11.8 Å². The summed E-state index contributed by atoms with van der Waals surface area (Å²) in [6, 6.07) is -0.257. The molecule has 5 heteroatoms. The average molecular weight is 191 g/mol. The molecule has 2 unspecified atom stereocenters. The average Bonchev–Trinajstić information content (AvgIpc) is 2.18. The van der Waals surface area contributed by atoms with E-state index in [1.165, 1.54) is 0 Å². The molecule has 0 aromatic heterocycles. The Labute approximate surface area is 79.5 Å². The van der Waals surface area contributed by atoms with Crippen LogP contribution < -0.4 is 16.0 Å². The van der Waals surface area contributed by atoms with Crippen molar-refractivity contribution in [1.82, 2.24) is 16.0 Å². The first-order valence-electron chi connectivity index (χ1n) is 4.39. The minimum absolute atomic E-state index is 0.257.